The second-order valence-electron chi connectivity index (χ2n) is 10.1. The number of amides is 2. The second-order valence-corrected chi connectivity index (χ2v) is 10.1. The molecule has 202 valence electrons. The van der Waals surface area contributed by atoms with Gasteiger partial charge in [-0.15, -0.1) is 0 Å². The van der Waals surface area contributed by atoms with E-state index in [0.717, 1.165) is 25.3 Å². The monoisotopic (exact) mass is 532 g/mol. The van der Waals surface area contributed by atoms with Gasteiger partial charge in [-0.3, -0.25) is 14.3 Å². The fraction of sp³-hybridized carbons (Fsp3) is 0.370. The number of fused-ring (bicyclic) bond motifs is 2. The summed E-state index contributed by atoms with van der Waals surface area (Å²) in [4.78, 5) is 36.7. The fourth-order valence-electron chi connectivity index (χ4n) is 5.24. The van der Waals surface area contributed by atoms with E-state index in [4.69, 9.17) is 4.74 Å². The number of hydrogen-bond donors (Lipinski definition) is 3. The molecule has 2 aliphatic rings. The Hall–Kier alpha value is -4.32. The summed E-state index contributed by atoms with van der Waals surface area (Å²) in [6.45, 7) is 5.06. The molecule has 0 radical (unpaired) electrons. The standard InChI is InChI=1S/C27H29FN8O3/c1-15-13-36(8-7-29-15)22-4-3-19(26(38)32-17-9-16-14-35(2)34-24(16)21(28)10-17)25-20(22)12-31-27(33-25)39-18-5-6-30-23(37)11-18/h3-4,9-10,12,14-15,18,29H,5-8,11,13H2,1-2H3,(H,30,37)(H,32,38). The van der Waals surface area contributed by atoms with Gasteiger partial charge in [-0.25, -0.2) is 9.37 Å². The van der Waals surface area contributed by atoms with Gasteiger partial charge >= 0.3 is 6.01 Å². The first-order valence-electron chi connectivity index (χ1n) is 13.0. The summed E-state index contributed by atoms with van der Waals surface area (Å²) in [5, 5.41) is 14.4. The van der Waals surface area contributed by atoms with Crippen LogP contribution in [-0.4, -0.2) is 69.9 Å². The quantitative estimate of drug-likeness (QED) is 0.358. The van der Waals surface area contributed by atoms with Gasteiger partial charge in [-0.2, -0.15) is 10.1 Å². The SMILES string of the molecule is CC1CN(c2ccc(C(=O)Nc3cc(F)c4nn(C)cc4c3)c3nc(OC4CCNC(=O)C4)ncc23)CCN1. The zero-order valence-corrected chi connectivity index (χ0v) is 21.7. The van der Waals surface area contributed by atoms with E-state index in [0.29, 0.717) is 46.5 Å². The van der Waals surface area contributed by atoms with Crippen LogP contribution in [0.25, 0.3) is 21.8 Å². The zero-order valence-electron chi connectivity index (χ0n) is 21.7. The number of halogens is 1. The molecule has 3 N–H and O–H groups in total. The van der Waals surface area contributed by atoms with Crippen LogP contribution in [0.5, 0.6) is 6.01 Å². The minimum Gasteiger partial charge on any atom is -0.460 e. The predicted octanol–water partition coefficient (Wildman–Crippen LogP) is 2.36. The molecule has 2 aromatic heterocycles. The van der Waals surface area contributed by atoms with E-state index in [1.807, 2.05) is 6.07 Å². The first-order valence-corrected chi connectivity index (χ1v) is 13.0. The fourth-order valence-corrected chi connectivity index (χ4v) is 5.24. The van der Waals surface area contributed by atoms with Crippen LogP contribution >= 0.6 is 0 Å². The van der Waals surface area contributed by atoms with Crippen molar-refractivity contribution in [2.75, 3.05) is 36.4 Å². The summed E-state index contributed by atoms with van der Waals surface area (Å²) < 4.78 is 22.1. The topological polar surface area (TPSA) is 126 Å². The van der Waals surface area contributed by atoms with Gasteiger partial charge in [-0.05, 0) is 31.2 Å². The van der Waals surface area contributed by atoms with E-state index in [9.17, 15) is 14.0 Å². The van der Waals surface area contributed by atoms with Crippen molar-refractivity contribution in [3.63, 3.8) is 0 Å². The third kappa shape index (κ3) is 5.07. The summed E-state index contributed by atoms with van der Waals surface area (Å²) in [6.07, 6.45) is 3.87. The highest BCUT2D eigenvalue weighted by molar-refractivity contribution is 6.14. The highest BCUT2D eigenvalue weighted by Gasteiger charge is 2.25. The molecule has 2 fully saturated rings. The number of aromatic nitrogens is 4. The number of carbonyl (C=O) groups is 2. The zero-order chi connectivity index (χ0) is 27.1. The molecule has 0 saturated carbocycles. The number of aryl methyl sites for hydroxylation is 1. The Bertz CT molecular complexity index is 1590. The van der Waals surface area contributed by atoms with Crippen LogP contribution in [0, 0.1) is 5.82 Å². The van der Waals surface area contributed by atoms with Crippen molar-refractivity contribution >= 4 is 45.0 Å². The lowest BCUT2D eigenvalue weighted by Gasteiger charge is -2.34. The predicted molar refractivity (Wildman–Crippen MR) is 145 cm³/mol. The minimum absolute atomic E-state index is 0.0833. The Morgan fingerprint density at radius 2 is 2.10 bits per heavy atom. The number of carbonyl (C=O) groups excluding carboxylic acids is 2. The Morgan fingerprint density at radius 3 is 2.92 bits per heavy atom. The van der Waals surface area contributed by atoms with E-state index < -0.39 is 11.7 Å². The smallest absolute Gasteiger partial charge is 0.317 e. The molecule has 12 heteroatoms. The molecule has 4 heterocycles. The summed E-state index contributed by atoms with van der Waals surface area (Å²) in [6, 6.07) is 6.96. The van der Waals surface area contributed by atoms with Crippen LogP contribution in [0.4, 0.5) is 15.8 Å². The first-order chi connectivity index (χ1) is 18.8. The molecule has 0 aliphatic carbocycles. The van der Waals surface area contributed by atoms with Crippen LogP contribution in [0.3, 0.4) is 0 Å². The molecule has 0 spiro atoms. The van der Waals surface area contributed by atoms with Crippen molar-refractivity contribution in [1.82, 2.24) is 30.4 Å². The van der Waals surface area contributed by atoms with Crippen LogP contribution in [0.15, 0.2) is 36.7 Å². The van der Waals surface area contributed by atoms with Crippen LogP contribution in [0.1, 0.15) is 30.1 Å². The van der Waals surface area contributed by atoms with Crippen molar-refractivity contribution < 1.29 is 18.7 Å². The van der Waals surface area contributed by atoms with Gasteiger partial charge in [0, 0.05) is 80.2 Å². The second kappa shape index (κ2) is 10.1. The van der Waals surface area contributed by atoms with Crippen LogP contribution in [0.2, 0.25) is 0 Å². The van der Waals surface area contributed by atoms with Crippen molar-refractivity contribution in [3.8, 4) is 6.01 Å². The van der Waals surface area contributed by atoms with E-state index in [1.165, 1.54) is 10.7 Å². The van der Waals surface area contributed by atoms with Crippen molar-refractivity contribution in [2.45, 2.75) is 31.9 Å². The molecule has 2 aliphatic heterocycles. The Morgan fingerprint density at radius 1 is 1.23 bits per heavy atom. The molecule has 2 atom stereocenters. The minimum atomic E-state index is -0.522. The van der Waals surface area contributed by atoms with Gasteiger partial charge in [0.15, 0.2) is 5.82 Å². The molecular formula is C27H29FN8O3. The maximum Gasteiger partial charge on any atom is 0.317 e. The number of piperidine rings is 1. The largest absolute Gasteiger partial charge is 0.460 e. The summed E-state index contributed by atoms with van der Waals surface area (Å²) >= 11 is 0. The normalized spacial score (nSPS) is 19.8. The Labute approximate surface area is 223 Å². The highest BCUT2D eigenvalue weighted by Crippen LogP contribution is 2.31. The van der Waals surface area contributed by atoms with Crippen LogP contribution in [-0.2, 0) is 11.8 Å². The highest BCUT2D eigenvalue weighted by atomic mass is 19.1. The number of piperazine rings is 1. The molecule has 2 unspecified atom stereocenters. The van der Waals surface area contributed by atoms with E-state index in [1.54, 1.807) is 31.6 Å². The molecule has 6 rings (SSSR count). The van der Waals surface area contributed by atoms with Crippen molar-refractivity contribution in [3.05, 3.63) is 48.0 Å². The number of benzene rings is 2. The first kappa shape index (κ1) is 25.0. The average Bonchev–Trinajstić information content (AvgIpc) is 3.28. The lowest BCUT2D eigenvalue weighted by Crippen LogP contribution is -2.49. The van der Waals surface area contributed by atoms with Crippen molar-refractivity contribution in [2.24, 2.45) is 7.05 Å². The van der Waals surface area contributed by atoms with Gasteiger partial charge in [0.05, 0.1) is 17.5 Å². The van der Waals surface area contributed by atoms with Gasteiger partial charge in [0.2, 0.25) is 5.91 Å². The third-order valence-electron chi connectivity index (χ3n) is 7.07. The van der Waals surface area contributed by atoms with Crippen LogP contribution < -0.4 is 25.6 Å². The van der Waals surface area contributed by atoms with Gasteiger partial charge < -0.3 is 25.6 Å². The van der Waals surface area contributed by atoms with Gasteiger partial charge in [0.25, 0.3) is 5.91 Å². The van der Waals surface area contributed by atoms with E-state index >= 15 is 0 Å². The Kier molecular flexibility index (Phi) is 6.47. The molecule has 2 aromatic carbocycles. The molecule has 4 aromatic rings. The lowest BCUT2D eigenvalue weighted by molar-refractivity contribution is -0.124. The van der Waals surface area contributed by atoms with E-state index in [-0.39, 0.29) is 30.0 Å². The summed E-state index contributed by atoms with van der Waals surface area (Å²) in [5.41, 5.74) is 2.19. The number of rotatable bonds is 5. The molecular weight excluding hydrogens is 503 g/mol. The van der Waals surface area contributed by atoms with Crippen molar-refractivity contribution in [1.29, 1.82) is 0 Å². The average molecular weight is 533 g/mol. The number of ether oxygens (including phenoxy) is 1. The summed E-state index contributed by atoms with van der Waals surface area (Å²) in [5.74, 6) is -1.05. The number of anilines is 2. The molecule has 0 bridgehead atoms. The lowest BCUT2D eigenvalue weighted by atomic mass is 10.1. The number of nitrogens with zero attached hydrogens (tertiary/aromatic N) is 5. The number of nitrogens with one attached hydrogen (secondary N) is 3. The van der Waals surface area contributed by atoms with Gasteiger partial charge in [0.1, 0.15) is 11.6 Å². The van der Waals surface area contributed by atoms with Gasteiger partial charge in [-0.1, -0.05) is 0 Å². The third-order valence-corrected chi connectivity index (χ3v) is 7.07. The maximum atomic E-state index is 14.7. The van der Waals surface area contributed by atoms with E-state index in [2.05, 4.69) is 42.8 Å². The summed E-state index contributed by atoms with van der Waals surface area (Å²) in [7, 11) is 1.71. The molecule has 2 saturated heterocycles. The maximum absolute atomic E-state index is 14.7. The number of hydrogen-bond acceptors (Lipinski definition) is 8. The molecule has 2 amide bonds. The molecule has 39 heavy (non-hydrogen) atoms. The Balaban J connectivity index is 1.37. The molecule has 11 nitrogen and oxygen atoms in total.